The zero-order valence-electron chi connectivity index (χ0n) is 10.0. The Labute approximate surface area is 107 Å². The number of hydrogen-bond acceptors (Lipinski definition) is 3. The predicted octanol–water partition coefficient (Wildman–Crippen LogP) is 2.74. The van der Waals surface area contributed by atoms with Crippen molar-refractivity contribution < 1.29 is 9.84 Å². The summed E-state index contributed by atoms with van der Waals surface area (Å²) in [6.45, 7) is 1.06. The fourth-order valence-electron chi connectivity index (χ4n) is 2.27. The van der Waals surface area contributed by atoms with E-state index in [9.17, 15) is 5.11 Å². The van der Waals surface area contributed by atoms with Crippen LogP contribution in [0.1, 0.15) is 24.8 Å². The second kappa shape index (κ2) is 5.61. The fourth-order valence-corrected chi connectivity index (χ4v) is 2.49. The summed E-state index contributed by atoms with van der Waals surface area (Å²) in [4.78, 5) is 0. The molecule has 0 aromatic heterocycles. The van der Waals surface area contributed by atoms with Crippen LogP contribution in [-0.2, 0) is 6.42 Å². The van der Waals surface area contributed by atoms with Gasteiger partial charge in [-0.05, 0) is 31.9 Å². The second-order valence-corrected chi connectivity index (χ2v) is 4.88. The van der Waals surface area contributed by atoms with E-state index in [1.807, 2.05) is 6.07 Å². The molecular weight excluding hydrogens is 238 g/mol. The van der Waals surface area contributed by atoms with Crippen LogP contribution in [0.25, 0.3) is 0 Å². The van der Waals surface area contributed by atoms with Gasteiger partial charge < -0.3 is 15.2 Å². The summed E-state index contributed by atoms with van der Waals surface area (Å²) < 4.78 is 5.16. The van der Waals surface area contributed by atoms with Gasteiger partial charge >= 0.3 is 0 Å². The summed E-state index contributed by atoms with van der Waals surface area (Å²) in [5.41, 5.74) is 0.855. The lowest BCUT2D eigenvalue weighted by Gasteiger charge is -2.24. The molecule has 1 aliphatic heterocycles. The average molecular weight is 256 g/mol. The van der Waals surface area contributed by atoms with Gasteiger partial charge in [-0.15, -0.1) is 0 Å². The average Bonchev–Trinajstić information content (AvgIpc) is 2.36. The lowest BCUT2D eigenvalue weighted by molar-refractivity contribution is 0.387. The van der Waals surface area contributed by atoms with E-state index in [-0.39, 0.29) is 5.75 Å². The van der Waals surface area contributed by atoms with Crippen molar-refractivity contribution in [3.8, 4) is 11.5 Å². The largest absolute Gasteiger partial charge is 0.506 e. The Morgan fingerprint density at radius 1 is 1.47 bits per heavy atom. The van der Waals surface area contributed by atoms with Crippen LogP contribution in [0.4, 0.5) is 0 Å². The van der Waals surface area contributed by atoms with Gasteiger partial charge in [0.1, 0.15) is 11.5 Å². The van der Waals surface area contributed by atoms with Gasteiger partial charge in [0.05, 0.1) is 12.1 Å². The van der Waals surface area contributed by atoms with Crippen LogP contribution in [0.15, 0.2) is 12.1 Å². The molecule has 0 amide bonds. The summed E-state index contributed by atoms with van der Waals surface area (Å²) in [6, 6.07) is 3.92. The van der Waals surface area contributed by atoms with Crippen molar-refractivity contribution >= 4 is 11.6 Å². The van der Waals surface area contributed by atoms with E-state index >= 15 is 0 Å². The first kappa shape index (κ1) is 12.5. The summed E-state index contributed by atoms with van der Waals surface area (Å²) >= 11 is 5.97. The molecule has 0 spiro atoms. The molecule has 1 saturated heterocycles. The van der Waals surface area contributed by atoms with Gasteiger partial charge in [-0.2, -0.15) is 0 Å². The minimum absolute atomic E-state index is 0.180. The van der Waals surface area contributed by atoms with Crippen molar-refractivity contribution in [2.24, 2.45) is 0 Å². The van der Waals surface area contributed by atoms with E-state index < -0.39 is 0 Å². The molecule has 2 N–H and O–H groups in total. The van der Waals surface area contributed by atoms with Gasteiger partial charge in [-0.1, -0.05) is 18.0 Å². The molecular formula is C13H18ClNO2. The molecule has 0 bridgehead atoms. The molecule has 1 unspecified atom stereocenters. The number of ether oxygens (including phenoxy) is 1. The third-order valence-corrected chi connectivity index (χ3v) is 3.52. The van der Waals surface area contributed by atoms with E-state index in [2.05, 4.69) is 5.32 Å². The van der Waals surface area contributed by atoms with Gasteiger partial charge in [0, 0.05) is 17.7 Å². The van der Waals surface area contributed by atoms with Crippen molar-refractivity contribution in [1.82, 2.24) is 5.32 Å². The molecule has 4 heteroatoms. The fraction of sp³-hybridized carbons (Fsp3) is 0.538. The SMILES string of the molecule is COc1cc(Cl)c(O)c(CC2CCCCN2)c1. The molecule has 1 aliphatic rings. The highest BCUT2D eigenvalue weighted by atomic mass is 35.5. The molecule has 1 atom stereocenters. The number of halogens is 1. The molecule has 17 heavy (non-hydrogen) atoms. The molecule has 0 radical (unpaired) electrons. The molecule has 1 heterocycles. The molecule has 1 aromatic rings. The minimum Gasteiger partial charge on any atom is -0.506 e. The Balaban J connectivity index is 2.15. The van der Waals surface area contributed by atoms with Gasteiger partial charge in [0.25, 0.3) is 0 Å². The zero-order valence-corrected chi connectivity index (χ0v) is 10.8. The predicted molar refractivity (Wildman–Crippen MR) is 69.0 cm³/mol. The first-order valence-corrected chi connectivity index (χ1v) is 6.37. The molecule has 1 aromatic carbocycles. The van der Waals surface area contributed by atoms with Crippen LogP contribution in [0.3, 0.4) is 0 Å². The maximum Gasteiger partial charge on any atom is 0.137 e. The quantitative estimate of drug-likeness (QED) is 0.873. The van der Waals surface area contributed by atoms with Gasteiger partial charge in [0.2, 0.25) is 0 Å². The molecule has 3 nitrogen and oxygen atoms in total. The maximum atomic E-state index is 9.93. The highest BCUT2D eigenvalue weighted by Crippen LogP contribution is 2.33. The number of phenols is 1. The first-order valence-electron chi connectivity index (χ1n) is 5.99. The number of aromatic hydroxyl groups is 1. The Morgan fingerprint density at radius 3 is 2.94 bits per heavy atom. The van der Waals surface area contributed by atoms with Crippen molar-refractivity contribution in [1.29, 1.82) is 0 Å². The molecule has 0 saturated carbocycles. The smallest absolute Gasteiger partial charge is 0.137 e. The number of piperidine rings is 1. The lowest BCUT2D eigenvalue weighted by Crippen LogP contribution is -2.35. The van der Waals surface area contributed by atoms with Crippen molar-refractivity contribution in [2.75, 3.05) is 13.7 Å². The number of benzene rings is 1. The van der Waals surface area contributed by atoms with Crippen LogP contribution < -0.4 is 10.1 Å². The third kappa shape index (κ3) is 3.05. The highest BCUT2D eigenvalue weighted by Gasteiger charge is 2.17. The molecule has 1 fully saturated rings. The number of nitrogens with one attached hydrogen (secondary N) is 1. The first-order chi connectivity index (χ1) is 8.20. The van der Waals surface area contributed by atoms with Crippen LogP contribution in [0.5, 0.6) is 11.5 Å². The number of methoxy groups -OCH3 is 1. The van der Waals surface area contributed by atoms with Gasteiger partial charge in [-0.3, -0.25) is 0 Å². The summed E-state index contributed by atoms with van der Waals surface area (Å²) in [5.74, 6) is 0.874. The van der Waals surface area contributed by atoms with E-state index in [0.29, 0.717) is 16.8 Å². The van der Waals surface area contributed by atoms with Crippen molar-refractivity contribution in [3.63, 3.8) is 0 Å². The molecule has 2 rings (SSSR count). The van der Waals surface area contributed by atoms with Crippen LogP contribution in [0, 0.1) is 0 Å². The highest BCUT2D eigenvalue weighted by molar-refractivity contribution is 6.32. The van der Waals surface area contributed by atoms with Crippen LogP contribution >= 0.6 is 11.6 Å². The normalized spacial score (nSPS) is 20.2. The van der Waals surface area contributed by atoms with E-state index in [1.54, 1.807) is 13.2 Å². The van der Waals surface area contributed by atoms with Gasteiger partial charge in [-0.25, -0.2) is 0 Å². The Bertz CT molecular complexity index is 389. The van der Waals surface area contributed by atoms with Crippen molar-refractivity contribution in [3.05, 3.63) is 22.7 Å². The summed E-state index contributed by atoms with van der Waals surface area (Å²) in [6.07, 6.45) is 4.43. The number of phenolic OH excluding ortho intramolecular Hbond substituents is 1. The Hall–Kier alpha value is -0.930. The van der Waals surface area contributed by atoms with Gasteiger partial charge in [0.15, 0.2) is 0 Å². The van der Waals surface area contributed by atoms with E-state index in [4.69, 9.17) is 16.3 Å². The maximum absolute atomic E-state index is 9.93. The molecule has 0 aliphatic carbocycles. The zero-order chi connectivity index (χ0) is 12.3. The van der Waals surface area contributed by atoms with Crippen molar-refractivity contribution in [2.45, 2.75) is 31.7 Å². The second-order valence-electron chi connectivity index (χ2n) is 4.47. The Kier molecular flexibility index (Phi) is 4.13. The summed E-state index contributed by atoms with van der Waals surface area (Å²) in [7, 11) is 1.60. The van der Waals surface area contributed by atoms with Crippen LogP contribution in [0.2, 0.25) is 5.02 Å². The molecule has 94 valence electrons. The lowest BCUT2D eigenvalue weighted by atomic mass is 9.97. The van der Waals surface area contributed by atoms with Crippen LogP contribution in [-0.4, -0.2) is 24.8 Å². The van der Waals surface area contributed by atoms with E-state index in [1.165, 1.54) is 12.8 Å². The minimum atomic E-state index is 0.180. The summed E-state index contributed by atoms with van der Waals surface area (Å²) in [5, 5.41) is 13.7. The Morgan fingerprint density at radius 2 is 2.29 bits per heavy atom. The third-order valence-electron chi connectivity index (χ3n) is 3.23. The standard InChI is InChI=1S/C13H18ClNO2/c1-17-11-7-9(13(16)12(14)8-11)6-10-4-2-3-5-15-10/h7-8,10,15-16H,2-6H2,1H3. The van der Waals surface area contributed by atoms with E-state index in [0.717, 1.165) is 24.9 Å². The number of rotatable bonds is 3. The number of hydrogen-bond donors (Lipinski definition) is 2. The monoisotopic (exact) mass is 255 g/mol. The topological polar surface area (TPSA) is 41.5 Å².